The Morgan fingerprint density at radius 2 is 1.84 bits per heavy atom. The number of halogens is 1. The molecule has 0 unspecified atom stereocenters. The number of aryl methyl sites for hydroxylation is 1. The van der Waals surface area contributed by atoms with Crippen LogP contribution in [0.15, 0.2) is 29.3 Å². The smallest absolute Gasteiger partial charge is 0.194 e. The molecule has 1 aliphatic carbocycles. The highest BCUT2D eigenvalue weighted by Gasteiger charge is 2.24. The van der Waals surface area contributed by atoms with Gasteiger partial charge in [0, 0.05) is 39.3 Å². The average Bonchev–Trinajstić information content (AvgIpc) is 3.41. The molecule has 1 aromatic carbocycles. The maximum atomic E-state index is 5.56. The Morgan fingerprint density at radius 3 is 2.48 bits per heavy atom. The molecule has 170 valence electrons. The van der Waals surface area contributed by atoms with Crippen LogP contribution in [0.2, 0.25) is 0 Å². The number of benzene rings is 1. The molecule has 1 saturated carbocycles. The average molecular weight is 539 g/mol. The Morgan fingerprint density at radius 1 is 1.13 bits per heavy atom. The van der Waals surface area contributed by atoms with Gasteiger partial charge < -0.3 is 24.4 Å². The van der Waals surface area contributed by atoms with Crippen molar-refractivity contribution in [2.45, 2.75) is 45.2 Å². The van der Waals surface area contributed by atoms with E-state index < -0.39 is 0 Å². The zero-order valence-electron chi connectivity index (χ0n) is 18.8. The van der Waals surface area contributed by atoms with Crippen molar-refractivity contribution in [2.75, 3.05) is 38.2 Å². The third-order valence-electron chi connectivity index (χ3n) is 6.25. The number of anilines is 1. The van der Waals surface area contributed by atoms with Crippen LogP contribution in [0.25, 0.3) is 0 Å². The largest absolute Gasteiger partial charge is 0.495 e. The van der Waals surface area contributed by atoms with Gasteiger partial charge in [0.15, 0.2) is 11.8 Å². The molecule has 0 radical (unpaired) electrons. The normalized spacial score (nSPS) is 17.6. The molecule has 2 aliphatic rings. The van der Waals surface area contributed by atoms with Crippen molar-refractivity contribution in [2.24, 2.45) is 12.0 Å². The van der Waals surface area contributed by atoms with Crippen LogP contribution < -0.4 is 15.0 Å². The Hall–Kier alpha value is -2.04. The van der Waals surface area contributed by atoms with Crippen LogP contribution in [0.3, 0.4) is 0 Å². The number of nitrogens with zero attached hydrogens (tertiary/aromatic N) is 6. The lowest BCUT2D eigenvalue weighted by Gasteiger charge is -2.38. The number of aliphatic imine (C=N–C) groups is 1. The number of nitrogens with one attached hydrogen (secondary N) is 1. The topological polar surface area (TPSA) is 70.8 Å². The number of methoxy groups -OCH3 is 1. The van der Waals surface area contributed by atoms with Crippen molar-refractivity contribution < 1.29 is 4.74 Å². The minimum absolute atomic E-state index is 0. The van der Waals surface area contributed by atoms with E-state index in [1.807, 2.05) is 30.7 Å². The predicted octanol–water partition coefficient (Wildman–Crippen LogP) is 2.96. The summed E-state index contributed by atoms with van der Waals surface area (Å²) in [6.45, 7) is 6.24. The highest BCUT2D eigenvalue weighted by atomic mass is 127. The van der Waals surface area contributed by atoms with Crippen LogP contribution in [0.5, 0.6) is 5.75 Å². The molecule has 0 bridgehead atoms. The van der Waals surface area contributed by atoms with E-state index in [-0.39, 0.29) is 24.0 Å². The van der Waals surface area contributed by atoms with Crippen LogP contribution in [-0.2, 0) is 13.6 Å². The van der Waals surface area contributed by atoms with Crippen LogP contribution in [0.4, 0.5) is 5.69 Å². The maximum Gasteiger partial charge on any atom is 0.194 e. The van der Waals surface area contributed by atoms with Gasteiger partial charge in [0.25, 0.3) is 0 Å². The number of hydrogen-bond donors (Lipinski definition) is 1. The van der Waals surface area contributed by atoms with Crippen molar-refractivity contribution >= 4 is 35.6 Å². The summed E-state index contributed by atoms with van der Waals surface area (Å²) in [6.07, 6.45) is 5.05. The number of piperazine rings is 1. The van der Waals surface area contributed by atoms with Gasteiger partial charge in [0.2, 0.25) is 0 Å². The lowest BCUT2D eigenvalue weighted by molar-refractivity contribution is 0.360. The molecule has 31 heavy (non-hydrogen) atoms. The first-order chi connectivity index (χ1) is 14.7. The minimum Gasteiger partial charge on any atom is -0.495 e. The van der Waals surface area contributed by atoms with E-state index in [1.165, 1.54) is 25.7 Å². The quantitative estimate of drug-likeness (QED) is 0.358. The van der Waals surface area contributed by atoms with Crippen LogP contribution in [0.1, 0.15) is 37.3 Å². The molecule has 0 spiro atoms. The first-order valence-corrected chi connectivity index (χ1v) is 10.9. The van der Waals surface area contributed by atoms with Gasteiger partial charge in [-0.05, 0) is 31.9 Å². The molecule has 1 N–H and O–H groups in total. The molecule has 4 rings (SSSR count). The molecular formula is C22H34IN7O. The number of hydrogen-bond acceptors (Lipinski definition) is 5. The number of aromatic nitrogens is 3. The second-order valence-electron chi connectivity index (χ2n) is 8.13. The first kappa shape index (κ1) is 23.6. The summed E-state index contributed by atoms with van der Waals surface area (Å²) in [7, 11) is 3.73. The number of ether oxygens (including phenoxy) is 1. The lowest BCUT2D eigenvalue weighted by Crippen LogP contribution is -2.54. The molecule has 2 heterocycles. The molecule has 0 atom stereocenters. The molecule has 1 saturated heterocycles. The minimum atomic E-state index is 0. The number of para-hydroxylation sites is 2. The monoisotopic (exact) mass is 539 g/mol. The Labute approximate surface area is 202 Å². The highest BCUT2D eigenvalue weighted by Crippen LogP contribution is 2.28. The van der Waals surface area contributed by atoms with Crippen molar-refractivity contribution in [3.05, 3.63) is 35.9 Å². The zero-order chi connectivity index (χ0) is 20.9. The standard InChI is InChI=1S/C22H33N7O.HI/c1-17-25-26-21(27(17)2)16-23-22(24-18-8-4-5-9-18)29-14-12-28(13-15-29)19-10-6-7-11-20(19)30-3;/h6-7,10-11,18H,4-5,8-9,12-16H2,1-3H3,(H,23,24);1H. The second kappa shape index (κ2) is 11.0. The zero-order valence-corrected chi connectivity index (χ0v) is 21.1. The van der Waals surface area contributed by atoms with Crippen molar-refractivity contribution in [1.29, 1.82) is 0 Å². The summed E-state index contributed by atoms with van der Waals surface area (Å²) in [5.41, 5.74) is 1.16. The molecule has 0 amide bonds. The summed E-state index contributed by atoms with van der Waals surface area (Å²) >= 11 is 0. The Kier molecular flexibility index (Phi) is 8.39. The first-order valence-electron chi connectivity index (χ1n) is 10.9. The number of rotatable bonds is 5. The fourth-order valence-electron chi connectivity index (χ4n) is 4.27. The molecular weight excluding hydrogens is 505 g/mol. The summed E-state index contributed by atoms with van der Waals surface area (Å²) < 4.78 is 7.57. The fourth-order valence-corrected chi connectivity index (χ4v) is 4.27. The molecule has 1 aromatic heterocycles. The van der Waals surface area contributed by atoms with E-state index in [4.69, 9.17) is 9.73 Å². The maximum absolute atomic E-state index is 5.56. The van der Waals surface area contributed by atoms with E-state index in [1.54, 1.807) is 7.11 Å². The molecule has 1 aliphatic heterocycles. The van der Waals surface area contributed by atoms with Crippen molar-refractivity contribution in [1.82, 2.24) is 25.0 Å². The van der Waals surface area contributed by atoms with E-state index in [2.05, 4.69) is 37.4 Å². The van der Waals surface area contributed by atoms with Crippen molar-refractivity contribution in [3.8, 4) is 5.75 Å². The number of guanidine groups is 1. The van der Waals surface area contributed by atoms with E-state index in [0.717, 1.165) is 55.2 Å². The summed E-state index contributed by atoms with van der Waals surface area (Å²) in [5.74, 6) is 3.74. The third-order valence-corrected chi connectivity index (χ3v) is 6.25. The van der Waals surface area contributed by atoms with Crippen molar-refractivity contribution in [3.63, 3.8) is 0 Å². The van der Waals surface area contributed by atoms with Gasteiger partial charge >= 0.3 is 0 Å². The fraction of sp³-hybridized carbons (Fsp3) is 0.591. The van der Waals surface area contributed by atoms with Gasteiger partial charge in [-0.25, -0.2) is 4.99 Å². The van der Waals surface area contributed by atoms with Gasteiger partial charge in [0.1, 0.15) is 18.1 Å². The predicted molar refractivity (Wildman–Crippen MR) is 134 cm³/mol. The molecule has 8 nitrogen and oxygen atoms in total. The van der Waals surface area contributed by atoms with Gasteiger partial charge in [-0.1, -0.05) is 25.0 Å². The van der Waals surface area contributed by atoms with E-state index in [0.29, 0.717) is 12.6 Å². The van der Waals surface area contributed by atoms with Crippen LogP contribution in [-0.4, -0.2) is 65.0 Å². The SMILES string of the molecule is COc1ccccc1N1CCN(C(=NCc2nnc(C)n2C)NC2CCCC2)CC1.I. The third kappa shape index (κ3) is 5.61. The van der Waals surface area contributed by atoms with Crippen LogP contribution >= 0.6 is 24.0 Å². The Balaban J connectivity index is 0.00000272. The molecule has 9 heteroatoms. The van der Waals surface area contributed by atoms with Gasteiger partial charge in [-0.15, -0.1) is 34.2 Å². The molecule has 2 aromatic rings. The Bertz CT molecular complexity index is 870. The van der Waals surface area contributed by atoms with E-state index in [9.17, 15) is 0 Å². The summed E-state index contributed by atoms with van der Waals surface area (Å²) in [4.78, 5) is 9.73. The summed E-state index contributed by atoms with van der Waals surface area (Å²) in [5, 5.41) is 12.2. The van der Waals surface area contributed by atoms with Gasteiger partial charge in [-0.2, -0.15) is 0 Å². The van der Waals surface area contributed by atoms with Crippen LogP contribution in [0, 0.1) is 6.92 Å². The van der Waals surface area contributed by atoms with E-state index >= 15 is 0 Å². The van der Waals surface area contributed by atoms with Gasteiger partial charge in [0.05, 0.1) is 12.8 Å². The second-order valence-corrected chi connectivity index (χ2v) is 8.13. The highest BCUT2D eigenvalue weighted by molar-refractivity contribution is 14.0. The molecule has 2 fully saturated rings. The summed E-state index contributed by atoms with van der Waals surface area (Å²) in [6, 6.07) is 8.78. The van der Waals surface area contributed by atoms with Gasteiger partial charge in [-0.3, -0.25) is 0 Å². The lowest BCUT2D eigenvalue weighted by atomic mass is 10.2.